The largest absolute Gasteiger partial charge is 0.381 e. The maximum absolute atomic E-state index is 12.1. The van der Waals surface area contributed by atoms with E-state index >= 15 is 0 Å². The summed E-state index contributed by atoms with van der Waals surface area (Å²) < 4.78 is 5.31. The van der Waals surface area contributed by atoms with Crippen molar-refractivity contribution in [3.8, 4) is 0 Å². The maximum Gasteiger partial charge on any atom is 0.223 e. The smallest absolute Gasteiger partial charge is 0.223 e. The Morgan fingerprint density at radius 1 is 1.10 bits per heavy atom. The average molecular weight is 296 g/mol. The predicted octanol–water partition coefficient (Wildman–Crippen LogP) is 1.71. The Balaban J connectivity index is 1.55. The van der Waals surface area contributed by atoms with E-state index < -0.39 is 0 Å². The van der Waals surface area contributed by atoms with E-state index in [-0.39, 0.29) is 11.8 Å². The third-order valence-corrected chi connectivity index (χ3v) is 4.42. The molecule has 2 aliphatic heterocycles. The summed E-state index contributed by atoms with van der Waals surface area (Å²) >= 11 is 0. The van der Waals surface area contributed by atoms with Crippen LogP contribution in [0.25, 0.3) is 0 Å². The van der Waals surface area contributed by atoms with Crippen LogP contribution in [0, 0.1) is 5.92 Å². The van der Waals surface area contributed by atoms with Crippen molar-refractivity contribution in [3.05, 3.63) is 0 Å². The molecule has 5 heteroatoms. The summed E-state index contributed by atoms with van der Waals surface area (Å²) in [6.07, 6.45) is 7.37. The van der Waals surface area contributed by atoms with Gasteiger partial charge in [-0.05, 0) is 31.6 Å². The van der Waals surface area contributed by atoms with Gasteiger partial charge in [0.05, 0.1) is 0 Å². The Morgan fingerprint density at radius 2 is 1.86 bits per heavy atom. The molecule has 1 unspecified atom stereocenters. The molecule has 120 valence electrons. The maximum atomic E-state index is 12.1. The summed E-state index contributed by atoms with van der Waals surface area (Å²) in [5.41, 5.74) is 0. The normalized spacial score (nSPS) is 22.9. The second-order valence-corrected chi connectivity index (χ2v) is 6.16. The Bertz CT molecular complexity index is 332. The number of carbonyl (C=O) groups excluding carboxylic acids is 2. The van der Waals surface area contributed by atoms with Crippen LogP contribution in [0.1, 0.15) is 51.4 Å². The van der Waals surface area contributed by atoms with E-state index in [1.807, 2.05) is 4.90 Å². The molecule has 2 aliphatic rings. The van der Waals surface area contributed by atoms with Gasteiger partial charge >= 0.3 is 0 Å². The molecule has 5 nitrogen and oxygen atoms in total. The van der Waals surface area contributed by atoms with Gasteiger partial charge in [0.2, 0.25) is 11.8 Å². The second kappa shape index (κ2) is 9.03. The zero-order chi connectivity index (χ0) is 14.9. The second-order valence-electron chi connectivity index (χ2n) is 6.16. The van der Waals surface area contributed by atoms with Gasteiger partial charge in [0.15, 0.2) is 0 Å². The van der Waals surface area contributed by atoms with Crippen molar-refractivity contribution in [2.75, 3.05) is 32.8 Å². The summed E-state index contributed by atoms with van der Waals surface area (Å²) in [5, 5.41) is 2.91. The number of rotatable bonds is 6. The standard InChI is InChI=1S/C16H28N2O3/c19-15(17-9-7-14-8-12-21-13-14)5-6-16(20)18-10-3-1-2-4-11-18/h14H,1-13H2,(H,17,19). The van der Waals surface area contributed by atoms with Crippen molar-refractivity contribution in [2.45, 2.75) is 51.4 Å². The topological polar surface area (TPSA) is 58.6 Å². The first-order chi connectivity index (χ1) is 10.3. The number of hydrogen-bond acceptors (Lipinski definition) is 3. The van der Waals surface area contributed by atoms with Crippen LogP contribution < -0.4 is 5.32 Å². The summed E-state index contributed by atoms with van der Waals surface area (Å²) in [5.74, 6) is 0.720. The monoisotopic (exact) mass is 296 g/mol. The molecule has 0 saturated carbocycles. The van der Waals surface area contributed by atoms with Crippen molar-refractivity contribution in [1.29, 1.82) is 0 Å². The van der Waals surface area contributed by atoms with E-state index in [2.05, 4.69) is 5.32 Å². The van der Waals surface area contributed by atoms with Crippen molar-refractivity contribution in [2.24, 2.45) is 5.92 Å². The van der Waals surface area contributed by atoms with Crippen LogP contribution in [0.3, 0.4) is 0 Å². The molecule has 2 heterocycles. The summed E-state index contributed by atoms with van der Waals surface area (Å²) in [6.45, 7) is 4.10. The van der Waals surface area contributed by atoms with E-state index in [4.69, 9.17) is 4.74 Å². The SMILES string of the molecule is O=C(CCC(=O)N1CCCCCC1)NCCC1CCOC1. The molecular formula is C16H28N2O3. The first-order valence-corrected chi connectivity index (χ1v) is 8.38. The van der Waals surface area contributed by atoms with Gasteiger partial charge in [-0.3, -0.25) is 9.59 Å². The quantitative estimate of drug-likeness (QED) is 0.812. The minimum atomic E-state index is -0.00270. The number of amides is 2. The highest BCUT2D eigenvalue weighted by Crippen LogP contribution is 2.15. The molecule has 2 fully saturated rings. The average Bonchev–Trinajstić information content (AvgIpc) is 2.85. The van der Waals surface area contributed by atoms with Crippen molar-refractivity contribution in [1.82, 2.24) is 10.2 Å². The molecular weight excluding hydrogens is 268 g/mol. The summed E-state index contributed by atoms with van der Waals surface area (Å²) in [6, 6.07) is 0. The Hall–Kier alpha value is -1.10. The van der Waals surface area contributed by atoms with Gasteiger partial charge in [0.25, 0.3) is 0 Å². The lowest BCUT2D eigenvalue weighted by Gasteiger charge is -2.20. The molecule has 2 rings (SSSR count). The number of ether oxygens (including phenoxy) is 1. The highest BCUT2D eigenvalue weighted by atomic mass is 16.5. The molecule has 0 aromatic carbocycles. The molecule has 0 aliphatic carbocycles. The minimum Gasteiger partial charge on any atom is -0.381 e. The molecule has 2 saturated heterocycles. The highest BCUT2D eigenvalue weighted by molar-refractivity contribution is 5.83. The van der Waals surface area contributed by atoms with Crippen LogP contribution in [0.2, 0.25) is 0 Å². The van der Waals surface area contributed by atoms with Crippen molar-refractivity contribution >= 4 is 11.8 Å². The van der Waals surface area contributed by atoms with Crippen LogP contribution in [0.4, 0.5) is 0 Å². The molecule has 0 spiro atoms. The van der Waals surface area contributed by atoms with Gasteiger partial charge in [-0.25, -0.2) is 0 Å². The third kappa shape index (κ3) is 6.04. The van der Waals surface area contributed by atoms with Gasteiger partial charge in [0.1, 0.15) is 0 Å². The van der Waals surface area contributed by atoms with Crippen LogP contribution in [0.5, 0.6) is 0 Å². The van der Waals surface area contributed by atoms with E-state index in [1.165, 1.54) is 12.8 Å². The molecule has 2 amide bonds. The van der Waals surface area contributed by atoms with Gasteiger partial charge in [-0.15, -0.1) is 0 Å². The van der Waals surface area contributed by atoms with Gasteiger partial charge in [-0.1, -0.05) is 12.8 Å². The zero-order valence-corrected chi connectivity index (χ0v) is 12.9. The van der Waals surface area contributed by atoms with Gasteiger partial charge < -0.3 is 15.0 Å². The lowest BCUT2D eigenvalue weighted by Crippen LogP contribution is -2.33. The van der Waals surface area contributed by atoms with Crippen LogP contribution in [-0.4, -0.2) is 49.6 Å². The van der Waals surface area contributed by atoms with E-state index in [0.717, 1.165) is 52.0 Å². The Kier molecular flexibility index (Phi) is 7.00. The highest BCUT2D eigenvalue weighted by Gasteiger charge is 2.17. The fourth-order valence-electron chi connectivity index (χ4n) is 3.01. The summed E-state index contributed by atoms with van der Waals surface area (Å²) in [7, 11) is 0. The molecule has 21 heavy (non-hydrogen) atoms. The Labute approximate surface area is 127 Å². The number of nitrogens with zero attached hydrogens (tertiary/aromatic N) is 1. The lowest BCUT2D eigenvalue weighted by molar-refractivity contribution is -0.133. The molecule has 0 aromatic heterocycles. The number of nitrogens with one attached hydrogen (secondary N) is 1. The molecule has 1 N–H and O–H groups in total. The van der Waals surface area contributed by atoms with E-state index in [9.17, 15) is 9.59 Å². The van der Waals surface area contributed by atoms with Gasteiger partial charge in [-0.2, -0.15) is 0 Å². The fraction of sp³-hybridized carbons (Fsp3) is 0.875. The van der Waals surface area contributed by atoms with Crippen molar-refractivity contribution < 1.29 is 14.3 Å². The number of likely N-dealkylation sites (tertiary alicyclic amines) is 1. The lowest BCUT2D eigenvalue weighted by atomic mass is 10.1. The number of carbonyl (C=O) groups is 2. The fourth-order valence-corrected chi connectivity index (χ4v) is 3.01. The Morgan fingerprint density at radius 3 is 2.52 bits per heavy atom. The predicted molar refractivity (Wildman–Crippen MR) is 80.8 cm³/mol. The van der Waals surface area contributed by atoms with Crippen molar-refractivity contribution in [3.63, 3.8) is 0 Å². The van der Waals surface area contributed by atoms with E-state index in [1.54, 1.807) is 0 Å². The number of hydrogen-bond donors (Lipinski definition) is 1. The summed E-state index contributed by atoms with van der Waals surface area (Å²) in [4.78, 5) is 25.8. The first-order valence-electron chi connectivity index (χ1n) is 8.38. The zero-order valence-electron chi connectivity index (χ0n) is 12.9. The molecule has 0 bridgehead atoms. The molecule has 0 radical (unpaired) electrons. The van der Waals surface area contributed by atoms with Crippen LogP contribution in [0.15, 0.2) is 0 Å². The van der Waals surface area contributed by atoms with Gasteiger partial charge in [0, 0.05) is 45.7 Å². The molecule has 0 aromatic rings. The third-order valence-electron chi connectivity index (χ3n) is 4.42. The molecule has 1 atom stereocenters. The first kappa shape index (κ1) is 16.3. The van der Waals surface area contributed by atoms with Crippen LogP contribution >= 0.6 is 0 Å². The van der Waals surface area contributed by atoms with Crippen LogP contribution in [-0.2, 0) is 14.3 Å². The van der Waals surface area contributed by atoms with E-state index in [0.29, 0.717) is 25.3 Å². The minimum absolute atomic E-state index is 0.00270.